The van der Waals surface area contributed by atoms with E-state index in [4.69, 9.17) is 26.4 Å². The van der Waals surface area contributed by atoms with Crippen LogP contribution >= 0.6 is 12.2 Å². The fraction of sp³-hybridized carbons (Fsp3) is 0.182. The third-order valence-electron chi connectivity index (χ3n) is 4.77. The lowest BCUT2D eigenvalue weighted by molar-refractivity contribution is -0.167. The fourth-order valence-corrected chi connectivity index (χ4v) is 3.39. The zero-order chi connectivity index (χ0) is 26.6. The maximum Gasteiger partial charge on any atom is 0.471 e. The summed E-state index contributed by atoms with van der Waals surface area (Å²) >= 11 is 5.21. The average Bonchev–Trinajstić information content (AvgIpc) is 2.83. The van der Waals surface area contributed by atoms with Crippen molar-refractivity contribution in [3.63, 3.8) is 0 Å². The molecule has 3 aromatic rings. The van der Waals surface area contributed by atoms with Crippen molar-refractivity contribution in [3.8, 4) is 28.8 Å². The highest BCUT2D eigenvalue weighted by atomic mass is 32.1. The third kappa shape index (κ3) is 5.33. The van der Waals surface area contributed by atoms with Crippen molar-refractivity contribution < 1.29 is 37.3 Å². The van der Waals surface area contributed by atoms with E-state index in [0.29, 0.717) is 0 Å². The van der Waals surface area contributed by atoms with Crippen LogP contribution in [0.3, 0.4) is 0 Å². The van der Waals surface area contributed by atoms with Crippen LogP contribution in [0.4, 0.5) is 24.5 Å². The summed E-state index contributed by atoms with van der Waals surface area (Å²) < 4.78 is 54.8. The van der Waals surface area contributed by atoms with Gasteiger partial charge >= 0.3 is 12.1 Å². The van der Waals surface area contributed by atoms with Crippen molar-refractivity contribution in [2.75, 3.05) is 26.6 Å². The number of hydrogen-bond acceptors (Lipinski definition) is 8. The van der Waals surface area contributed by atoms with Gasteiger partial charge in [-0.2, -0.15) is 13.2 Å². The summed E-state index contributed by atoms with van der Waals surface area (Å²) in [6, 6.07) is 8.30. The van der Waals surface area contributed by atoms with E-state index < -0.39 is 23.5 Å². The van der Waals surface area contributed by atoms with Crippen LogP contribution in [0.2, 0.25) is 0 Å². The average molecular weight is 524 g/mol. The first-order chi connectivity index (χ1) is 17.0. The number of carbonyl (C=O) groups excluding carboxylic acids is 1. The number of alkyl halides is 3. The number of nitrogens with one attached hydrogen (secondary N) is 2. The number of rotatable bonds is 7. The number of halogens is 3. The summed E-state index contributed by atoms with van der Waals surface area (Å²) in [4.78, 5) is 30.2. The first-order valence-corrected chi connectivity index (χ1v) is 10.3. The van der Waals surface area contributed by atoms with Crippen LogP contribution in [-0.4, -0.2) is 54.3 Å². The minimum absolute atomic E-state index is 0.101. The second kappa shape index (κ2) is 10.5. The molecule has 1 aromatic heterocycles. The maximum atomic E-state index is 12.7. The normalized spacial score (nSPS) is 11.4. The van der Waals surface area contributed by atoms with E-state index in [0.717, 1.165) is 10.8 Å². The Labute approximate surface area is 206 Å². The van der Waals surface area contributed by atoms with Gasteiger partial charge in [-0.05, 0) is 24.4 Å². The van der Waals surface area contributed by atoms with E-state index in [9.17, 15) is 27.9 Å². The quantitative estimate of drug-likeness (QED) is 0.316. The number of para-hydroxylation sites is 2. The van der Waals surface area contributed by atoms with Gasteiger partial charge in [0.15, 0.2) is 16.3 Å². The summed E-state index contributed by atoms with van der Waals surface area (Å²) in [5.41, 5.74) is -1.31. The second-order valence-corrected chi connectivity index (χ2v) is 7.33. The van der Waals surface area contributed by atoms with Gasteiger partial charge in [-0.3, -0.25) is 24.1 Å². The number of benzene rings is 2. The number of anilines is 1. The lowest BCUT2D eigenvalue weighted by Gasteiger charge is -2.16. The molecule has 1 amide bonds. The molecule has 14 heteroatoms. The molecule has 0 saturated heterocycles. The third-order valence-corrected chi connectivity index (χ3v) is 5.06. The highest BCUT2D eigenvalue weighted by molar-refractivity contribution is 7.71. The van der Waals surface area contributed by atoms with E-state index >= 15 is 0 Å². The highest BCUT2D eigenvalue weighted by Gasteiger charge is 2.39. The number of hydrogen-bond donors (Lipinski definition) is 3. The number of aliphatic imine (C=N–C) groups is 1. The molecule has 0 spiro atoms. The Kier molecular flexibility index (Phi) is 7.68. The van der Waals surface area contributed by atoms with E-state index in [1.165, 1.54) is 57.7 Å². The van der Waals surface area contributed by atoms with E-state index in [1.54, 1.807) is 5.32 Å². The van der Waals surface area contributed by atoms with Crippen LogP contribution in [0.25, 0.3) is 5.69 Å². The molecule has 0 bridgehead atoms. The molecule has 10 nitrogen and oxygen atoms in total. The van der Waals surface area contributed by atoms with Gasteiger partial charge in [-0.15, -0.1) is 0 Å². The van der Waals surface area contributed by atoms with E-state index in [-0.39, 0.29) is 44.6 Å². The molecule has 2 aromatic carbocycles. The largest absolute Gasteiger partial charge is 0.494 e. The summed E-state index contributed by atoms with van der Waals surface area (Å²) in [6.45, 7) is 0. The summed E-state index contributed by atoms with van der Waals surface area (Å²) in [5.74, 6) is -2.06. The van der Waals surface area contributed by atoms with Crippen molar-refractivity contribution in [3.05, 3.63) is 57.1 Å². The zero-order valence-electron chi connectivity index (χ0n) is 19.0. The predicted octanol–water partition coefficient (Wildman–Crippen LogP) is 3.88. The highest BCUT2D eigenvalue weighted by Crippen LogP contribution is 2.40. The molecule has 190 valence electrons. The monoisotopic (exact) mass is 524 g/mol. The number of aromatic amines is 1. The molecule has 0 saturated carbocycles. The topological polar surface area (TPSA) is 127 Å². The number of ether oxygens (including phenoxy) is 3. The van der Waals surface area contributed by atoms with Crippen LogP contribution < -0.4 is 25.1 Å². The molecule has 0 aliphatic rings. The van der Waals surface area contributed by atoms with Crippen LogP contribution in [-0.2, 0) is 4.79 Å². The lowest BCUT2D eigenvalue weighted by Crippen LogP contribution is -2.29. The first kappa shape index (κ1) is 26.3. The second-order valence-electron chi connectivity index (χ2n) is 6.94. The van der Waals surface area contributed by atoms with Crippen molar-refractivity contribution in [2.45, 2.75) is 6.18 Å². The van der Waals surface area contributed by atoms with Gasteiger partial charge in [0.1, 0.15) is 5.56 Å². The molecule has 0 atom stereocenters. The van der Waals surface area contributed by atoms with Gasteiger partial charge in [0, 0.05) is 18.3 Å². The molecule has 0 aliphatic heterocycles. The van der Waals surface area contributed by atoms with Crippen LogP contribution in [0.1, 0.15) is 5.56 Å². The smallest absolute Gasteiger partial charge is 0.471 e. The maximum absolute atomic E-state index is 12.7. The van der Waals surface area contributed by atoms with Gasteiger partial charge in [0.05, 0.1) is 38.4 Å². The number of aromatic nitrogens is 2. The Balaban J connectivity index is 2.12. The van der Waals surface area contributed by atoms with Gasteiger partial charge in [0.25, 0.3) is 5.56 Å². The zero-order valence-corrected chi connectivity index (χ0v) is 19.8. The van der Waals surface area contributed by atoms with Crippen LogP contribution in [0.15, 0.2) is 46.2 Å². The Hall–Kier alpha value is -4.33. The summed E-state index contributed by atoms with van der Waals surface area (Å²) in [7, 11) is 4.19. The molecule has 0 unspecified atom stereocenters. The van der Waals surface area contributed by atoms with Crippen LogP contribution in [0.5, 0.6) is 23.1 Å². The number of methoxy groups -OCH3 is 3. The molecule has 3 rings (SSSR count). The minimum Gasteiger partial charge on any atom is -0.494 e. The Bertz CT molecular complexity index is 1420. The minimum atomic E-state index is -5.11. The van der Waals surface area contributed by atoms with E-state index in [2.05, 4.69) is 9.98 Å². The lowest BCUT2D eigenvalue weighted by atomic mass is 10.2. The van der Waals surface area contributed by atoms with Gasteiger partial charge < -0.3 is 24.6 Å². The Morgan fingerprint density at radius 2 is 1.75 bits per heavy atom. The molecule has 0 radical (unpaired) electrons. The predicted molar refractivity (Wildman–Crippen MR) is 127 cm³/mol. The van der Waals surface area contributed by atoms with Crippen molar-refractivity contribution >= 4 is 35.7 Å². The van der Waals surface area contributed by atoms with Gasteiger partial charge in [-0.1, -0.05) is 12.1 Å². The fourth-order valence-electron chi connectivity index (χ4n) is 3.11. The number of amides is 1. The number of nitrogens with zero attached hydrogens (tertiary/aromatic N) is 2. The molecule has 3 N–H and O–H groups in total. The standard InChI is InChI=1S/C22H19F3N4O6S/c1-33-15-8-11(9-16(34-2)17(15)35-3)29-19(31)12(18(30)28-21(29)36)10-26-13-6-4-5-7-14(13)27-20(32)22(23,24)25/h4-10,31H,1-3H3,(H,27,32)(H,28,30,36). The summed E-state index contributed by atoms with van der Waals surface area (Å²) in [5, 5.41) is 12.6. The molecule has 0 fully saturated rings. The Morgan fingerprint density at radius 3 is 2.31 bits per heavy atom. The first-order valence-electron chi connectivity index (χ1n) is 9.91. The molecular formula is C22H19F3N4O6S. The van der Waals surface area contributed by atoms with Crippen LogP contribution in [0, 0.1) is 4.77 Å². The van der Waals surface area contributed by atoms with Crippen molar-refractivity contribution in [1.82, 2.24) is 9.55 Å². The molecular weight excluding hydrogens is 505 g/mol. The Morgan fingerprint density at radius 1 is 1.14 bits per heavy atom. The molecule has 1 heterocycles. The van der Waals surface area contributed by atoms with Gasteiger partial charge in [-0.25, -0.2) is 0 Å². The van der Waals surface area contributed by atoms with Gasteiger partial charge in [0.2, 0.25) is 11.6 Å². The molecule has 0 aliphatic carbocycles. The number of H-pyrrole nitrogens is 1. The van der Waals surface area contributed by atoms with E-state index in [1.807, 2.05) is 0 Å². The molecule has 36 heavy (non-hydrogen) atoms. The van der Waals surface area contributed by atoms with Crippen molar-refractivity contribution in [2.24, 2.45) is 4.99 Å². The summed E-state index contributed by atoms with van der Waals surface area (Å²) in [6.07, 6.45) is -4.19. The number of aromatic hydroxyl groups is 1. The van der Waals surface area contributed by atoms with Crippen molar-refractivity contribution in [1.29, 1.82) is 0 Å². The SMILES string of the molecule is COc1cc(-n2c(O)c(C=Nc3ccccc3NC(=O)C(F)(F)F)c(=O)[nH]c2=S)cc(OC)c1OC. The number of carbonyl (C=O) groups is 1.